The van der Waals surface area contributed by atoms with E-state index >= 15 is 0 Å². The molecule has 0 heterocycles. The van der Waals surface area contributed by atoms with Gasteiger partial charge in [-0.3, -0.25) is 10.9 Å². The lowest BCUT2D eigenvalue weighted by molar-refractivity contribution is -0.134. The third kappa shape index (κ3) is 6.00. The number of para-hydroxylation sites is 1. The van der Waals surface area contributed by atoms with Crippen LogP contribution in [0.25, 0.3) is 0 Å². The number of hydrazone groups is 2. The highest BCUT2D eigenvalue weighted by Gasteiger charge is 2.17. The number of rotatable bonds is 6. The number of nitrogens with two attached hydrogens (primary N) is 1. The summed E-state index contributed by atoms with van der Waals surface area (Å²) in [5, 5.41) is 7.89. The average molecular weight is 307 g/mol. The van der Waals surface area contributed by atoms with Gasteiger partial charge in [0.05, 0.1) is 18.0 Å². The van der Waals surface area contributed by atoms with Gasteiger partial charge in [-0.1, -0.05) is 18.2 Å². The standard InChI is InChI=1S/C13H17N5O2S/c1-3-20-12(19)11(9(2)15-18-13(14)21)17-16-10-7-5-4-6-8-10/h4-8,16H,3H2,1-2H3,(H3,14,18,21)/b15-9-,17-11-. The summed E-state index contributed by atoms with van der Waals surface area (Å²) in [5.74, 6) is -0.591. The highest BCUT2D eigenvalue weighted by Crippen LogP contribution is 2.05. The molecule has 0 bridgehead atoms. The van der Waals surface area contributed by atoms with Gasteiger partial charge in [-0.15, -0.1) is 0 Å². The molecule has 1 aromatic carbocycles. The summed E-state index contributed by atoms with van der Waals surface area (Å²) < 4.78 is 4.94. The number of benzene rings is 1. The second-order valence-electron chi connectivity index (χ2n) is 3.83. The molecule has 0 saturated carbocycles. The number of hydrogen-bond donors (Lipinski definition) is 3. The van der Waals surface area contributed by atoms with Crippen LogP contribution >= 0.6 is 12.2 Å². The van der Waals surface area contributed by atoms with Crippen molar-refractivity contribution in [1.82, 2.24) is 5.43 Å². The van der Waals surface area contributed by atoms with Gasteiger partial charge in [-0.2, -0.15) is 10.2 Å². The Kier molecular flexibility index (Phi) is 6.82. The van der Waals surface area contributed by atoms with Crippen molar-refractivity contribution < 1.29 is 9.53 Å². The normalized spacial score (nSPS) is 11.7. The highest BCUT2D eigenvalue weighted by molar-refractivity contribution is 7.80. The van der Waals surface area contributed by atoms with Gasteiger partial charge in [-0.25, -0.2) is 4.79 Å². The third-order valence-corrected chi connectivity index (χ3v) is 2.31. The van der Waals surface area contributed by atoms with Gasteiger partial charge < -0.3 is 10.5 Å². The quantitative estimate of drug-likeness (QED) is 0.316. The molecule has 0 aliphatic rings. The minimum atomic E-state index is -0.591. The van der Waals surface area contributed by atoms with Crippen LogP contribution in [0.1, 0.15) is 13.8 Å². The van der Waals surface area contributed by atoms with Gasteiger partial charge in [0.1, 0.15) is 0 Å². The molecule has 0 fully saturated rings. The number of carbonyl (C=O) groups is 1. The first-order chi connectivity index (χ1) is 10.0. The van der Waals surface area contributed by atoms with Crippen molar-refractivity contribution in [2.75, 3.05) is 12.0 Å². The van der Waals surface area contributed by atoms with E-state index in [1.807, 2.05) is 30.3 Å². The molecule has 0 atom stereocenters. The highest BCUT2D eigenvalue weighted by atomic mass is 32.1. The molecule has 112 valence electrons. The van der Waals surface area contributed by atoms with Crippen LogP contribution in [0.5, 0.6) is 0 Å². The molecule has 0 saturated heterocycles. The SMILES string of the molecule is CCOC(=O)C(=N\Nc1ccccc1)/C(C)=N\NC(N)=S. The molecule has 0 spiro atoms. The molecular weight excluding hydrogens is 290 g/mol. The number of nitrogens with zero attached hydrogens (tertiary/aromatic N) is 2. The van der Waals surface area contributed by atoms with Crippen LogP contribution in [-0.4, -0.2) is 29.1 Å². The maximum absolute atomic E-state index is 11.9. The van der Waals surface area contributed by atoms with E-state index in [1.165, 1.54) is 0 Å². The van der Waals surface area contributed by atoms with Gasteiger partial charge in [0.2, 0.25) is 0 Å². The predicted molar refractivity (Wildman–Crippen MR) is 87.2 cm³/mol. The van der Waals surface area contributed by atoms with Crippen molar-refractivity contribution in [2.24, 2.45) is 15.9 Å². The number of hydrogen-bond acceptors (Lipinski definition) is 6. The minimum Gasteiger partial charge on any atom is -0.461 e. The fraction of sp³-hybridized carbons (Fsp3) is 0.231. The van der Waals surface area contributed by atoms with E-state index in [9.17, 15) is 4.79 Å². The Labute approximate surface area is 128 Å². The molecule has 0 amide bonds. The van der Waals surface area contributed by atoms with Crippen molar-refractivity contribution in [3.05, 3.63) is 30.3 Å². The molecule has 1 rings (SSSR count). The maximum atomic E-state index is 11.9. The minimum absolute atomic E-state index is 0.00595. The Morgan fingerprint density at radius 2 is 2.00 bits per heavy atom. The summed E-state index contributed by atoms with van der Waals surface area (Å²) in [5.41, 5.74) is 11.5. The van der Waals surface area contributed by atoms with E-state index in [0.717, 1.165) is 5.69 Å². The summed E-state index contributed by atoms with van der Waals surface area (Å²) in [4.78, 5) is 11.9. The van der Waals surface area contributed by atoms with E-state index in [2.05, 4.69) is 33.3 Å². The molecule has 0 aliphatic heterocycles. The molecular formula is C13H17N5O2S. The smallest absolute Gasteiger partial charge is 0.360 e. The van der Waals surface area contributed by atoms with Crippen molar-refractivity contribution in [2.45, 2.75) is 13.8 Å². The lowest BCUT2D eigenvalue weighted by atomic mass is 10.2. The Hall–Kier alpha value is -2.48. The molecule has 8 heteroatoms. The molecule has 21 heavy (non-hydrogen) atoms. The summed E-state index contributed by atoms with van der Waals surface area (Å²) >= 11 is 4.65. The van der Waals surface area contributed by atoms with Crippen LogP contribution in [0.4, 0.5) is 5.69 Å². The second kappa shape index (κ2) is 8.64. The van der Waals surface area contributed by atoms with E-state index < -0.39 is 5.97 Å². The van der Waals surface area contributed by atoms with E-state index in [4.69, 9.17) is 10.5 Å². The first-order valence-corrected chi connectivity index (χ1v) is 6.61. The summed E-state index contributed by atoms with van der Waals surface area (Å²) in [6, 6.07) is 9.19. The number of nitrogens with one attached hydrogen (secondary N) is 2. The summed E-state index contributed by atoms with van der Waals surface area (Å²) in [7, 11) is 0. The first kappa shape index (κ1) is 16.6. The Balaban J connectivity index is 2.93. The maximum Gasteiger partial charge on any atom is 0.360 e. The zero-order valence-electron chi connectivity index (χ0n) is 11.8. The Bertz CT molecular complexity index is 557. The molecule has 1 aromatic rings. The lowest BCUT2D eigenvalue weighted by Gasteiger charge is -2.07. The molecule has 0 unspecified atom stereocenters. The van der Waals surface area contributed by atoms with E-state index in [1.54, 1.807) is 13.8 Å². The predicted octanol–water partition coefficient (Wildman–Crippen LogP) is 1.23. The van der Waals surface area contributed by atoms with Gasteiger partial charge in [-0.05, 0) is 38.2 Å². The fourth-order valence-corrected chi connectivity index (χ4v) is 1.34. The molecule has 0 radical (unpaired) electrons. The number of esters is 1. The van der Waals surface area contributed by atoms with Gasteiger partial charge in [0.15, 0.2) is 10.8 Å². The fourth-order valence-electron chi connectivity index (χ4n) is 1.30. The van der Waals surface area contributed by atoms with Crippen molar-refractivity contribution in [3.8, 4) is 0 Å². The van der Waals surface area contributed by atoms with Crippen LogP contribution in [0, 0.1) is 0 Å². The molecule has 7 nitrogen and oxygen atoms in total. The topological polar surface area (TPSA) is 101 Å². The number of carbonyl (C=O) groups excluding carboxylic acids is 1. The van der Waals surface area contributed by atoms with Crippen molar-refractivity contribution >= 4 is 40.4 Å². The summed E-state index contributed by atoms with van der Waals surface area (Å²) in [6.07, 6.45) is 0. The first-order valence-electron chi connectivity index (χ1n) is 6.20. The van der Waals surface area contributed by atoms with Crippen LogP contribution in [0.3, 0.4) is 0 Å². The van der Waals surface area contributed by atoms with Crippen molar-refractivity contribution in [3.63, 3.8) is 0 Å². The van der Waals surface area contributed by atoms with Crippen LogP contribution in [-0.2, 0) is 9.53 Å². The Morgan fingerprint density at radius 3 is 2.57 bits per heavy atom. The number of ether oxygens (including phenoxy) is 1. The van der Waals surface area contributed by atoms with E-state index in [-0.39, 0.29) is 17.4 Å². The Morgan fingerprint density at radius 1 is 1.33 bits per heavy atom. The van der Waals surface area contributed by atoms with Gasteiger partial charge in [0.25, 0.3) is 0 Å². The van der Waals surface area contributed by atoms with Crippen LogP contribution in [0.15, 0.2) is 40.5 Å². The largest absolute Gasteiger partial charge is 0.461 e. The number of anilines is 1. The lowest BCUT2D eigenvalue weighted by Crippen LogP contribution is -2.30. The zero-order chi connectivity index (χ0) is 15.7. The van der Waals surface area contributed by atoms with Gasteiger partial charge >= 0.3 is 5.97 Å². The monoisotopic (exact) mass is 307 g/mol. The third-order valence-electron chi connectivity index (χ3n) is 2.22. The molecule has 0 aliphatic carbocycles. The average Bonchev–Trinajstić information content (AvgIpc) is 2.46. The van der Waals surface area contributed by atoms with Crippen molar-refractivity contribution in [1.29, 1.82) is 0 Å². The molecule has 4 N–H and O–H groups in total. The van der Waals surface area contributed by atoms with E-state index in [0.29, 0.717) is 5.71 Å². The zero-order valence-corrected chi connectivity index (χ0v) is 12.6. The van der Waals surface area contributed by atoms with Gasteiger partial charge in [0, 0.05) is 0 Å². The van der Waals surface area contributed by atoms with Crippen LogP contribution in [0.2, 0.25) is 0 Å². The number of thiocarbonyl (C=S) groups is 1. The molecule has 0 aromatic heterocycles. The second-order valence-corrected chi connectivity index (χ2v) is 4.27. The summed E-state index contributed by atoms with van der Waals surface area (Å²) in [6.45, 7) is 3.53. The van der Waals surface area contributed by atoms with Crippen LogP contribution < -0.4 is 16.6 Å².